The summed E-state index contributed by atoms with van der Waals surface area (Å²) in [6.45, 7) is 5.43. The predicted octanol–water partition coefficient (Wildman–Crippen LogP) is 2.90. The van der Waals surface area contributed by atoms with Crippen molar-refractivity contribution in [3.05, 3.63) is 34.9 Å². The minimum atomic E-state index is -0.783. The van der Waals surface area contributed by atoms with E-state index in [1.165, 1.54) is 0 Å². The molecule has 0 aliphatic rings. The fourth-order valence-electron chi connectivity index (χ4n) is 1.30. The lowest BCUT2D eigenvalue weighted by Crippen LogP contribution is -2.34. The lowest BCUT2D eigenvalue weighted by molar-refractivity contribution is 0.0492. The van der Waals surface area contributed by atoms with Crippen LogP contribution in [0.2, 0.25) is 5.02 Å². The molecule has 0 saturated heterocycles. The van der Waals surface area contributed by atoms with E-state index >= 15 is 0 Å². The number of hydrogen-bond acceptors (Lipinski definition) is 3. The molecule has 0 fully saturated rings. The summed E-state index contributed by atoms with van der Waals surface area (Å²) in [5.74, 6) is 0. The van der Waals surface area contributed by atoms with Gasteiger partial charge in [-0.2, -0.15) is 0 Å². The van der Waals surface area contributed by atoms with Crippen molar-refractivity contribution in [1.82, 2.24) is 5.32 Å². The van der Waals surface area contributed by atoms with Crippen molar-refractivity contribution in [2.45, 2.75) is 32.5 Å². The van der Waals surface area contributed by atoms with Crippen molar-refractivity contribution in [1.29, 1.82) is 0 Å². The molecule has 4 nitrogen and oxygen atoms in total. The van der Waals surface area contributed by atoms with Gasteiger partial charge in [0.15, 0.2) is 0 Å². The highest BCUT2D eigenvalue weighted by atomic mass is 35.5. The molecule has 0 spiro atoms. The van der Waals surface area contributed by atoms with Gasteiger partial charge in [0.05, 0.1) is 12.6 Å². The van der Waals surface area contributed by atoms with Crippen molar-refractivity contribution >= 4 is 17.7 Å². The maximum atomic E-state index is 11.4. The maximum Gasteiger partial charge on any atom is 0.407 e. The molecule has 1 aromatic carbocycles. The highest BCUT2D eigenvalue weighted by Crippen LogP contribution is 2.16. The molecule has 0 aliphatic heterocycles. The van der Waals surface area contributed by atoms with Crippen LogP contribution in [0.3, 0.4) is 0 Å². The highest BCUT2D eigenvalue weighted by Gasteiger charge is 2.17. The van der Waals surface area contributed by atoms with Gasteiger partial charge < -0.3 is 15.2 Å². The van der Waals surface area contributed by atoms with Crippen LogP contribution in [-0.2, 0) is 4.74 Å². The van der Waals surface area contributed by atoms with E-state index in [9.17, 15) is 9.90 Å². The molecule has 0 saturated carbocycles. The van der Waals surface area contributed by atoms with E-state index < -0.39 is 17.8 Å². The van der Waals surface area contributed by atoms with E-state index in [0.717, 1.165) is 0 Å². The summed E-state index contributed by atoms with van der Waals surface area (Å²) < 4.78 is 5.06. The van der Waals surface area contributed by atoms with Crippen LogP contribution in [0.1, 0.15) is 32.4 Å². The molecule has 1 amide bonds. The summed E-state index contributed by atoms with van der Waals surface area (Å²) >= 11 is 5.75. The Bertz CT molecular complexity index is 398. The SMILES string of the molecule is CC(C)(C)OC(=O)NC[C@@H](O)c1ccc(Cl)cc1. The lowest BCUT2D eigenvalue weighted by Gasteiger charge is -2.20. The summed E-state index contributed by atoms with van der Waals surface area (Å²) in [6.07, 6.45) is -1.33. The second-order valence-electron chi connectivity index (χ2n) is 4.95. The van der Waals surface area contributed by atoms with Gasteiger partial charge in [-0.3, -0.25) is 0 Å². The van der Waals surface area contributed by atoms with Crippen LogP contribution >= 0.6 is 11.6 Å². The number of alkyl carbamates (subject to hydrolysis) is 1. The van der Waals surface area contributed by atoms with E-state index in [0.29, 0.717) is 10.6 Å². The zero-order valence-electron chi connectivity index (χ0n) is 10.7. The number of carbonyl (C=O) groups is 1. The van der Waals surface area contributed by atoms with Crippen molar-refractivity contribution in [3.8, 4) is 0 Å². The van der Waals surface area contributed by atoms with E-state index in [-0.39, 0.29) is 6.54 Å². The Labute approximate surface area is 112 Å². The monoisotopic (exact) mass is 271 g/mol. The number of amides is 1. The Morgan fingerprint density at radius 2 is 1.94 bits per heavy atom. The summed E-state index contributed by atoms with van der Waals surface area (Å²) in [5, 5.41) is 13.0. The summed E-state index contributed by atoms with van der Waals surface area (Å²) in [6, 6.07) is 6.80. The molecule has 2 N–H and O–H groups in total. The number of aliphatic hydroxyl groups excluding tert-OH is 1. The van der Waals surface area contributed by atoms with E-state index in [1.807, 2.05) is 0 Å². The average molecular weight is 272 g/mol. The number of benzene rings is 1. The lowest BCUT2D eigenvalue weighted by atomic mass is 10.1. The normalized spacial score (nSPS) is 12.9. The molecule has 5 heteroatoms. The Balaban J connectivity index is 2.44. The molecular formula is C13H18ClNO3. The van der Waals surface area contributed by atoms with Gasteiger partial charge in [0.1, 0.15) is 5.60 Å². The first-order chi connectivity index (χ1) is 8.28. The molecule has 0 aromatic heterocycles. The number of halogens is 1. The smallest absolute Gasteiger partial charge is 0.407 e. The highest BCUT2D eigenvalue weighted by molar-refractivity contribution is 6.30. The van der Waals surface area contributed by atoms with Gasteiger partial charge >= 0.3 is 6.09 Å². The first-order valence-electron chi connectivity index (χ1n) is 5.68. The van der Waals surface area contributed by atoms with Gasteiger partial charge in [-0.25, -0.2) is 4.79 Å². The molecule has 0 unspecified atom stereocenters. The molecule has 0 bridgehead atoms. The first kappa shape index (κ1) is 14.8. The molecule has 0 aliphatic carbocycles. The van der Waals surface area contributed by atoms with Gasteiger partial charge in [0.2, 0.25) is 0 Å². The second-order valence-corrected chi connectivity index (χ2v) is 5.39. The maximum absolute atomic E-state index is 11.4. The quantitative estimate of drug-likeness (QED) is 0.889. The van der Waals surface area contributed by atoms with Crippen molar-refractivity contribution in [3.63, 3.8) is 0 Å². The number of rotatable bonds is 3. The number of nitrogens with one attached hydrogen (secondary N) is 1. The number of ether oxygens (including phenoxy) is 1. The number of aliphatic hydroxyl groups is 1. The summed E-state index contributed by atoms with van der Waals surface area (Å²) in [5.41, 5.74) is 0.144. The van der Waals surface area contributed by atoms with Gasteiger partial charge in [0, 0.05) is 5.02 Å². The molecule has 18 heavy (non-hydrogen) atoms. The fraction of sp³-hybridized carbons (Fsp3) is 0.462. The van der Waals surface area contributed by atoms with Crippen LogP contribution in [0.4, 0.5) is 4.79 Å². The largest absolute Gasteiger partial charge is 0.444 e. The van der Waals surface area contributed by atoms with Crippen LogP contribution in [0.15, 0.2) is 24.3 Å². The second kappa shape index (κ2) is 6.07. The predicted molar refractivity (Wildman–Crippen MR) is 70.6 cm³/mol. The third-order valence-corrected chi connectivity index (χ3v) is 2.35. The van der Waals surface area contributed by atoms with Crippen LogP contribution in [0, 0.1) is 0 Å². The third-order valence-electron chi connectivity index (χ3n) is 2.09. The minimum absolute atomic E-state index is 0.0938. The van der Waals surface area contributed by atoms with Crippen molar-refractivity contribution in [2.75, 3.05) is 6.54 Å². The summed E-state index contributed by atoms with van der Waals surface area (Å²) in [7, 11) is 0. The van der Waals surface area contributed by atoms with Gasteiger partial charge in [-0.15, -0.1) is 0 Å². The first-order valence-corrected chi connectivity index (χ1v) is 6.06. The van der Waals surface area contributed by atoms with Crippen LogP contribution in [0.25, 0.3) is 0 Å². The molecule has 0 radical (unpaired) electrons. The molecule has 0 heterocycles. The number of carbonyl (C=O) groups excluding carboxylic acids is 1. The van der Waals surface area contributed by atoms with Crippen molar-refractivity contribution < 1.29 is 14.6 Å². The Hall–Kier alpha value is -1.26. The molecule has 1 aromatic rings. The Morgan fingerprint density at radius 1 is 1.39 bits per heavy atom. The minimum Gasteiger partial charge on any atom is -0.444 e. The Kier molecular flexibility index (Phi) is 4.99. The standard InChI is InChI=1S/C13H18ClNO3/c1-13(2,3)18-12(17)15-8-11(16)9-4-6-10(14)7-5-9/h4-7,11,16H,8H2,1-3H3,(H,15,17)/t11-/m1/s1. The topological polar surface area (TPSA) is 58.6 Å². The van der Waals surface area contributed by atoms with Gasteiger partial charge in [-0.05, 0) is 38.5 Å². The molecule has 1 rings (SSSR count). The van der Waals surface area contributed by atoms with Crippen LogP contribution < -0.4 is 5.32 Å². The van der Waals surface area contributed by atoms with Gasteiger partial charge in [-0.1, -0.05) is 23.7 Å². The van der Waals surface area contributed by atoms with E-state index in [1.54, 1.807) is 45.0 Å². The van der Waals surface area contributed by atoms with Crippen molar-refractivity contribution in [2.24, 2.45) is 0 Å². The van der Waals surface area contributed by atoms with E-state index in [2.05, 4.69) is 5.32 Å². The van der Waals surface area contributed by atoms with E-state index in [4.69, 9.17) is 16.3 Å². The summed E-state index contributed by atoms with van der Waals surface area (Å²) in [4.78, 5) is 11.4. The third kappa shape index (κ3) is 5.38. The molecule has 1 atom stereocenters. The average Bonchev–Trinajstić information content (AvgIpc) is 2.24. The zero-order chi connectivity index (χ0) is 13.8. The fourth-order valence-corrected chi connectivity index (χ4v) is 1.42. The molecule has 100 valence electrons. The van der Waals surface area contributed by atoms with Crippen LogP contribution in [-0.4, -0.2) is 23.3 Å². The van der Waals surface area contributed by atoms with Gasteiger partial charge in [0.25, 0.3) is 0 Å². The van der Waals surface area contributed by atoms with Crippen LogP contribution in [0.5, 0.6) is 0 Å². The number of hydrogen-bond donors (Lipinski definition) is 2. The molecular weight excluding hydrogens is 254 g/mol. The Morgan fingerprint density at radius 3 is 2.44 bits per heavy atom. The zero-order valence-corrected chi connectivity index (χ0v) is 11.5.